The summed E-state index contributed by atoms with van der Waals surface area (Å²) in [5.74, 6) is 0. The van der Waals surface area contributed by atoms with Crippen LogP contribution in [0.3, 0.4) is 0 Å². The molecule has 0 aliphatic carbocycles. The first-order valence-electron chi connectivity index (χ1n) is 3.93. The molecule has 2 aromatic carbocycles. The molecule has 0 aliphatic rings. The Labute approximate surface area is 75.1 Å². The third-order valence-electron chi connectivity index (χ3n) is 2.03. The molecule has 0 aliphatic heterocycles. The number of fused-ring (bicyclic) bond motifs is 1. The zero-order valence-corrected chi connectivity index (χ0v) is 6.90. The Kier molecular flexibility index (Phi) is 1.70. The van der Waals surface area contributed by atoms with E-state index in [9.17, 15) is 4.91 Å². The molecule has 3 nitrogen and oxygen atoms in total. The number of rotatable bonds is 1. The number of benzene rings is 2. The predicted molar refractivity (Wildman–Crippen MR) is 53.8 cm³/mol. The maximum Gasteiger partial charge on any atom is 0.115 e. The van der Waals surface area contributed by atoms with E-state index in [4.69, 9.17) is 5.73 Å². The highest BCUT2D eigenvalue weighted by molar-refractivity contribution is 5.99. The molecule has 0 saturated heterocycles. The standard InChI is InChI=1S/C10H8N2O/c11-9-5-6-10(12-13)8-4-2-1-3-7(8)9/h1-6H,11H2. The summed E-state index contributed by atoms with van der Waals surface area (Å²) in [6.07, 6.45) is 0. The Morgan fingerprint density at radius 3 is 2.38 bits per heavy atom. The molecule has 0 unspecified atom stereocenters. The van der Waals surface area contributed by atoms with Gasteiger partial charge in [0.2, 0.25) is 0 Å². The summed E-state index contributed by atoms with van der Waals surface area (Å²) in [5, 5.41) is 4.61. The summed E-state index contributed by atoms with van der Waals surface area (Å²) in [6, 6.07) is 10.8. The molecule has 2 rings (SSSR count). The summed E-state index contributed by atoms with van der Waals surface area (Å²) in [6.45, 7) is 0. The Balaban J connectivity index is 2.92. The second kappa shape index (κ2) is 2.86. The average Bonchev–Trinajstić information content (AvgIpc) is 2.19. The molecule has 0 fully saturated rings. The second-order valence-electron chi connectivity index (χ2n) is 2.81. The van der Waals surface area contributed by atoms with Crippen LogP contribution in [0.25, 0.3) is 10.8 Å². The molecule has 0 spiro atoms. The van der Waals surface area contributed by atoms with Crippen molar-refractivity contribution in [2.45, 2.75) is 0 Å². The topological polar surface area (TPSA) is 55.4 Å². The van der Waals surface area contributed by atoms with Crippen LogP contribution in [0, 0.1) is 4.91 Å². The summed E-state index contributed by atoms with van der Waals surface area (Å²) in [4.78, 5) is 10.4. The van der Waals surface area contributed by atoms with Gasteiger partial charge < -0.3 is 5.73 Å². The van der Waals surface area contributed by atoms with E-state index >= 15 is 0 Å². The van der Waals surface area contributed by atoms with Gasteiger partial charge >= 0.3 is 0 Å². The third-order valence-corrected chi connectivity index (χ3v) is 2.03. The van der Waals surface area contributed by atoms with E-state index in [0.717, 1.165) is 10.8 Å². The first-order valence-corrected chi connectivity index (χ1v) is 3.93. The average molecular weight is 172 g/mol. The lowest BCUT2D eigenvalue weighted by atomic mass is 10.1. The number of hydrogen-bond donors (Lipinski definition) is 1. The molecule has 0 saturated carbocycles. The van der Waals surface area contributed by atoms with Crippen LogP contribution in [0.4, 0.5) is 11.4 Å². The van der Waals surface area contributed by atoms with Crippen molar-refractivity contribution in [3.63, 3.8) is 0 Å². The zero-order chi connectivity index (χ0) is 9.26. The van der Waals surface area contributed by atoms with Crippen molar-refractivity contribution in [3.8, 4) is 0 Å². The lowest BCUT2D eigenvalue weighted by Crippen LogP contribution is -1.85. The largest absolute Gasteiger partial charge is 0.398 e. The van der Waals surface area contributed by atoms with Gasteiger partial charge in [-0.1, -0.05) is 24.3 Å². The fourth-order valence-corrected chi connectivity index (χ4v) is 1.39. The van der Waals surface area contributed by atoms with Crippen LogP contribution in [0.2, 0.25) is 0 Å². The van der Waals surface area contributed by atoms with Gasteiger partial charge in [-0.15, -0.1) is 4.91 Å². The monoisotopic (exact) mass is 172 g/mol. The maximum absolute atomic E-state index is 10.4. The number of nitroso groups, excluding NO2 is 1. The Bertz CT molecular complexity index is 465. The van der Waals surface area contributed by atoms with Gasteiger partial charge in [-0.05, 0) is 17.3 Å². The van der Waals surface area contributed by atoms with E-state index in [1.54, 1.807) is 12.1 Å². The van der Waals surface area contributed by atoms with Crippen molar-refractivity contribution < 1.29 is 0 Å². The van der Waals surface area contributed by atoms with Crippen LogP contribution in [0.15, 0.2) is 41.6 Å². The highest BCUT2D eigenvalue weighted by atomic mass is 16.3. The van der Waals surface area contributed by atoms with Crippen LogP contribution in [-0.2, 0) is 0 Å². The molecule has 2 aromatic rings. The SMILES string of the molecule is Nc1ccc(N=O)c2ccccc12. The van der Waals surface area contributed by atoms with Crippen molar-refractivity contribution in [1.82, 2.24) is 0 Å². The van der Waals surface area contributed by atoms with E-state index in [1.807, 2.05) is 24.3 Å². The van der Waals surface area contributed by atoms with Crippen molar-refractivity contribution >= 4 is 22.1 Å². The molecule has 2 N–H and O–H groups in total. The van der Waals surface area contributed by atoms with Crippen molar-refractivity contribution in [1.29, 1.82) is 0 Å². The van der Waals surface area contributed by atoms with E-state index in [-0.39, 0.29) is 0 Å². The number of nitrogens with two attached hydrogens (primary N) is 1. The lowest BCUT2D eigenvalue weighted by Gasteiger charge is -2.01. The van der Waals surface area contributed by atoms with Gasteiger partial charge in [0.1, 0.15) is 5.69 Å². The quantitative estimate of drug-likeness (QED) is 0.531. The van der Waals surface area contributed by atoms with Crippen LogP contribution in [0.5, 0.6) is 0 Å². The van der Waals surface area contributed by atoms with E-state index < -0.39 is 0 Å². The van der Waals surface area contributed by atoms with E-state index in [1.165, 1.54) is 0 Å². The minimum atomic E-state index is 0.435. The molecule has 0 aromatic heterocycles. The van der Waals surface area contributed by atoms with Crippen molar-refractivity contribution in [2.75, 3.05) is 5.73 Å². The van der Waals surface area contributed by atoms with Crippen molar-refractivity contribution in [3.05, 3.63) is 41.3 Å². The van der Waals surface area contributed by atoms with E-state index in [0.29, 0.717) is 11.4 Å². The first-order chi connectivity index (χ1) is 6.33. The highest BCUT2D eigenvalue weighted by Crippen LogP contribution is 2.29. The summed E-state index contributed by atoms with van der Waals surface area (Å²) in [7, 11) is 0. The van der Waals surface area contributed by atoms with Gasteiger partial charge in [0.05, 0.1) is 0 Å². The van der Waals surface area contributed by atoms with Gasteiger partial charge in [-0.3, -0.25) is 0 Å². The van der Waals surface area contributed by atoms with Gasteiger partial charge in [0.15, 0.2) is 0 Å². The number of nitrogens with zero attached hydrogens (tertiary/aromatic N) is 1. The van der Waals surface area contributed by atoms with Crippen molar-refractivity contribution in [2.24, 2.45) is 5.18 Å². The minimum Gasteiger partial charge on any atom is -0.398 e. The number of hydrogen-bond acceptors (Lipinski definition) is 3. The summed E-state index contributed by atoms with van der Waals surface area (Å²) < 4.78 is 0. The number of anilines is 1. The molecule has 13 heavy (non-hydrogen) atoms. The molecule has 0 amide bonds. The Morgan fingerprint density at radius 1 is 1.00 bits per heavy atom. The Hall–Kier alpha value is -1.90. The smallest absolute Gasteiger partial charge is 0.115 e. The fraction of sp³-hybridized carbons (Fsp3) is 0. The molecule has 0 bridgehead atoms. The molecule has 3 heteroatoms. The van der Waals surface area contributed by atoms with Gasteiger partial charge in [0, 0.05) is 16.5 Å². The first kappa shape index (κ1) is 7.73. The highest BCUT2D eigenvalue weighted by Gasteiger charge is 2.02. The van der Waals surface area contributed by atoms with Crippen LogP contribution in [-0.4, -0.2) is 0 Å². The molecular weight excluding hydrogens is 164 g/mol. The second-order valence-corrected chi connectivity index (χ2v) is 2.81. The third kappa shape index (κ3) is 1.14. The molecular formula is C10H8N2O. The Morgan fingerprint density at radius 2 is 1.69 bits per heavy atom. The summed E-state index contributed by atoms with van der Waals surface area (Å²) >= 11 is 0. The fourth-order valence-electron chi connectivity index (χ4n) is 1.39. The zero-order valence-electron chi connectivity index (χ0n) is 6.90. The number of nitrogen functional groups attached to an aromatic ring is 1. The predicted octanol–water partition coefficient (Wildman–Crippen LogP) is 2.82. The van der Waals surface area contributed by atoms with Gasteiger partial charge in [-0.2, -0.15) is 0 Å². The van der Waals surface area contributed by atoms with Crippen LogP contribution < -0.4 is 5.73 Å². The molecule has 0 atom stereocenters. The van der Waals surface area contributed by atoms with Crippen LogP contribution in [0.1, 0.15) is 0 Å². The lowest BCUT2D eigenvalue weighted by molar-refractivity contribution is 1.54. The maximum atomic E-state index is 10.4. The van der Waals surface area contributed by atoms with Gasteiger partial charge in [0.25, 0.3) is 0 Å². The summed E-state index contributed by atoms with van der Waals surface area (Å²) in [5.41, 5.74) is 6.84. The molecule has 0 heterocycles. The van der Waals surface area contributed by atoms with Gasteiger partial charge in [-0.25, -0.2) is 0 Å². The normalized spacial score (nSPS) is 10.2. The van der Waals surface area contributed by atoms with E-state index in [2.05, 4.69) is 5.18 Å². The van der Waals surface area contributed by atoms with Crippen LogP contribution >= 0.6 is 0 Å². The minimum absolute atomic E-state index is 0.435. The molecule has 64 valence electrons. The molecule has 0 radical (unpaired) electrons.